The zero-order valence-corrected chi connectivity index (χ0v) is 12.3. The van der Waals surface area contributed by atoms with Gasteiger partial charge in [0.2, 0.25) is 0 Å². The minimum absolute atomic E-state index is 0.134. The van der Waals surface area contributed by atoms with Crippen LogP contribution in [0.2, 0.25) is 5.02 Å². The Morgan fingerprint density at radius 3 is 2.81 bits per heavy atom. The Labute approximate surface area is 127 Å². The number of hydrogen-bond donors (Lipinski definition) is 2. The number of nitriles is 1. The van der Waals surface area contributed by atoms with E-state index >= 15 is 0 Å². The van der Waals surface area contributed by atoms with Gasteiger partial charge in [0.25, 0.3) is 5.91 Å². The molecule has 1 aromatic carbocycles. The zero-order chi connectivity index (χ0) is 15.8. The molecular weight excluding hydrogens is 294 g/mol. The molecule has 0 atom stereocenters. The van der Waals surface area contributed by atoms with Crippen LogP contribution in [0.15, 0.2) is 30.0 Å². The van der Waals surface area contributed by atoms with Gasteiger partial charge >= 0.3 is 5.97 Å². The van der Waals surface area contributed by atoms with Crippen LogP contribution in [0.4, 0.5) is 5.69 Å². The third kappa shape index (κ3) is 5.16. The predicted octanol–water partition coefficient (Wildman–Crippen LogP) is 1.76. The Bertz CT molecular complexity index is 620. The summed E-state index contributed by atoms with van der Waals surface area (Å²) in [6.45, 7) is 1.67. The van der Waals surface area contributed by atoms with Gasteiger partial charge in [0.1, 0.15) is 18.2 Å². The molecule has 0 saturated carbocycles. The smallest absolute Gasteiger partial charge is 0.325 e. The molecule has 0 saturated heterocycles. The standard InChI is InChI=1S/C14H14ClN3O3/c1-9-3-4-11(15)5-12(9)18-14(20)10(6-16)7-17-8-13(19)21-2/h3-5,7,17H,8H2,1-2H3,(H,18,20)/b10-7-. The minimum atomic E-state index is -0.597. The Balaban J connectivity index is 2.76. The topological polar surface area (TPSA) is 91.2 Å². The van der Waals surface area contributed by atoms with Gasteiger partial charge in [-0.15, -0.1) is 0 Å². The summed E-state index contributed by atoms with van der Waals surface area (Å²) in [6, 6.07) is 6.79. The summed E-state index contributed by atoms with van der Waals surface area (Å²) in [5.74, 6) is -1.10. The Hall–Kier alpha value is -2.52. The van der Waals surface area contributed by atoms with E-state index in [-0.39, 0.29) is 12.1 Å². The van der Waals surface area contributed by atoms with Gasteiger partial charge in [-0.2, -0.15) is 5.26 Å². The number of nitrogens with one attached hydrogen (secondary N) is 2. The molecule has 1 rings (SSSR count). The van der Waals surface area contributed by atoms with Gasteiger partial charge in [0, 0.05) is 16.9 Å². The predicted molar refractivity (Wildman–Crippen MR) is 78.5 cm³/mol. The fourth-order valence-electron chi connectivity index (χ4n) is 1.38. The molecule has 0 aromatic heterocycles. The van der Waals surface area contributed by atoms with Crippen molar-refractivity contribution in [1.82, 2.24) is 5.32 Å². The summed E-state index contributed by atoms with van der Waals surface area (Å²) in [6.07, 6.45) is 1.16. The SMILES string of the molecule is COC(=O)CN/C=C(/C#N)C(=O)Nc1cc(Cl)ccc1C. The number of benzene rings is 1. The highest BCUT2D eigenvalue weighted by Crippen LogP contribution is 2.20. The molecular formula is C14H14ClN3O3. The number of aryl methyl sites for hydroxylation is 1. The summed E-state index contributed by atoms with van der Waals surface area (Å²) in [4.78, 5) is 22.9. The molecule has 1 amide bonds. The number of anilines is 1. The van der Waals surface area contributed by atoms with E-state index in [2.05, 4.69) is 15.4 Å². The van der Waals surface area contributed by atoms with E-state index in [4.69, 9.17) is 16.9 Å². The van der Waals surface area contributed by atoms with Crippen molar-refractivity contribution in [2.24, 2.45) is 0 Å². The van der Waals surface area contributed by atoms with E-state index in [9.17, 15) is 9.59 Å². The van der Waals surface area contributed by atoms with Gasteiger partial charge in [-0.1, -0.05) is 17.7 Å². The molecule has 0 aliphatic rings. The molecule has 0 radical (unpaired) electrons. The number of ether oxygens (including phenoxy) is 1. The summed E-state index contributed by atoms with van der Waals surface area (Å²) < 4.78 is 4.42. The zero-order valence-electron chi connectivity index (χ0n) is 11.6. The maximum atomic E-state index is 12.0. The number of nitrogens with zero attached hydrogens (tertiary/aromatic N) is 1. The molecule has 0 aliphatic carbocycles. The summed E-state index contributed by atoms with van der Waals surface area (Å²) in [7, 11) is 1.24. The van der Waals surface area contributed by atoms with Crippen molar-refractivity contribution < 1.29 is 14.3 Å². The van der Waals surface area contributed by atoms with Crippen molar-refractivity contribution in [3.8, 4) is 6.07 Å². The lowest BCUT2D eigenvalue weighted by Gasteiger charge is -2.08. The molecule has 110 valence electrons. The molecule has 0 unspecified atom stereocenters. The van der Waals surface area contributed by atoms with Crippen LogP contribution in [0.25, 0.3) is 0 Å². The van der Waals surface area contributed by atoms with Crippen LogP contribution in [0.3, 0.4) is 0 Å². The van der Waals surface area contributed by atoms with E-state index in [0.717, 1.165) is 11.8 Å². The number of esters is 1. The third-order valence-electron chi connectivity index (χ3n) is 2.53. The molecule has 0 bridgehead atoms. The first kappa shape index (κ1) is 16.5. The maximum Gasteiger partial charge on any atom is 0.325 e. The lowest BCUT2D eigenvalue weighted by atomic mass is 10.2. The molecule has 6 nitrogen and oxygen atoms in total. The van der Waals surface area contributed by atoms with Crippen LogP contribution in [-0.2, 0) is 14.3 Å². The molecule has 7 heteroatoms. The lowest BCUT2D eigenvalue weighted by molar-refractivity contribution is -0.139. The first-order valence-corrected chi connectivity index (χ1v) is 6.33. The van der Waals surface area contributed by atoms with Crippen LogP contribution in [0.5, 0.6) is 0 Å². The fraction of sp³-hybridized carbons (Fsp3) is 0.214. The van der Waals surface area contributed by atoms with Crippen molar-refractivity contribution in [2.75, 3.05) is 19.0 Å². The number of carbonyl (C=O) groups excluding carboxylic acids is 2. The van der Waals surface area contributed by atoms with E-state index in [1.54, 1.807) is 31.2 Å². The first-order chi connectivity index (χ1) is 9.97. The van der Waals surface area contributed by atoms with Gasteiger partial charge in [-0.25, -0.2) is 0 Å². The normalized spacial score (nSPS) is 10.5. The van der Waals surface area contributed by atoms with Crippen molar-refractivity contribution in [1.29, 1.82) is 5.26 Å². The molecule has 0 spiro atoms. The number of carbonyl (C=O) groups is 2. The van der Waals surface area contributed by atoms with Crippen molar-refractivity contribution in [3.05, 3.63) is 40.6 Å². The number of methoxy groups -OCH3 is 1. The molecule has 21 heavy (non-hydrogen) atoms. The second kappa shape index (κ2) is 7.92. The number of amides is 1. The highest BCUT2D eigenvalue weighted by molar-refractivity contribution is 6.31. The number of rotatable bonds is 5. The highest BCUT2D eigenvalue weighted by atomic mass is 35.5. The van der Waals surface area contributed by atoms with E-state index in [0.29, 0.717) is 10.7 Å². The monoisotopic (exact) mass is 307 g/mol. The Morgan fingerprint density at radius 1 is 1.48 bits per heavy atom. The quantitative estimate of drug-likeness (QED) is 0.491. The van der Waals surface area contributed by atoms with Gasteiger partial charge in [0.05, 0.1) is 7.11 Å². The van der Waals surface area contributed by atoms with Crippen LogP contribution in [-0.4, -0.2) is 25.5 Å². The van der Waals surface area contributed by atoms with E-state index < -0.39 is 11.9 Å². The number of halogens is 1. The van der Waals surface area contributed by atoms with Crippen LogP contribution in [0, 0.1) is 18.3 Å². The van der Waals surface area contributed by atoms with Crippen molar-refractivity contribution in [3.63, 3.8) is 0 Å². The second-order valence-electron chi connectivity index (χ2n) is 4.04. The van der Waals surface area contributed by atoms with Crippen LogP contribution >= 0.6 is 11.6 Å². The summed E-state index contributed by atoms with van der Waals surface area (Å²) in [5.41, 5.74) is 1.16. The first-order valence-electron chi connectivity index (χ1n) is 5.96. The maximum absolute atomic E-state index is 12.0. The minimum Gasteiger partial charge on any atom is -0.468 e. The van der Waals surface area contributed by atoms with Crippen molar-refractivity contribution >= 4 is 29.2 Å². The average Bonchev–Trinajstić information content (AvgIpc) is 2.47. The molecule has 2 N–H and O–H groups in total. The largest absolute Gasteiger partial charge is 0.468 e. The molecule has 0 aliphatic heterocycles. The van der Waals surface area contributed by atoms with Gasteiger partial charge < -0.3 is 15.4 Å². The van der Waals surface area contributed by atoms with Gasteiger partial charge in [-0.05, 0) is 24.6 Å². The summed E-state index contributed by atoms with van der Waals surface area (Å²) in [5, 5.41) is 14.6. The van der Waals surface area contributed by atoms with Crippen LogP contribution < -0.4 is 10.6 Å². The fourth-order valence-corrected chi connectivity index (χ4v) is 1.55. The number of hydrogen-bond acceptors (Lipinski definition) is 5. The van der Waals surface area contributed by atoms with E-state index in [1.165, 1.54) is 7.11 Å². The Kier molecular flexibility index (Phi) is 6.24. The molecule has 1 aromatic rings. The van der Waals surface area contributed by atoms with Crippen LogP contribution in [0.1, 0.15) is 5.56 Å². The Morgan fingerprint density at radius 2 is 2.19 bits per heavy atom. The molecule has 0 fully saturated rings. The third-order valence-corrected chi connectivity index (χ3v) is 2.77. The average molecular weight is 308 g/mol. The highest BCUT2D eigenvalue weighted by Gasteiger charge is 2.11. The van der Waals surface area contributed by atoms with Crippen molar-refractivity contribution in [2.45, 2.75) is 6.92 Å². The second-order valence-corrected chi connectivity index (χ2v) is 4.48. The molecule has 0 heterocycles. The van der Waals surface area contributed by atoms with Gasteiger partial charge in [0.15, 0.2) is 0 Å². The summed E-state index contributed by atoms with van der Waals surface area (Å²) >= 11 is 5.85. The van der Waals surface area contributed by atoms with E-state index in [1.807, 2.05) is 0 Å². The lowest BCUT2D eigenvalue weighted by Crippen LogP contribution is -2.22. The van der Waals surface area contributed by atoms with Gasteiger partial charge in [-0.3, -0.25) is 9.59 Å².